The zero-order valence-corrected chi connectivity index (χ0v) is 14.4. The third-order valence-electron chi connectivity index (χ3n) is 4.88. The summed E-state index contributed by atoms with van der Waals surface area (Å²) >= 11 is 0. The van der Waals surface area contributed by atoms with Crippen molar-refractivity contribution in [2.24, 2.45) is 16.3 Å². The van der Waals surface area contributed by atoms with Crippen molar-refractivity contribution in [3.05, 3.63) is 35.5 Å². The van der Waals surface area contributed by atoms with E-state index >= 15 is 0 Å². The van der Waals surface area contributed by atoms with Crippen molar-refractivity contribution in [3.8, 4) is 5.75 Å². The molecule has 0 N–H and O–H groups in total. The van der Waals surface area contributed by atoms with Crippen LogP contribution in [0.25, 0.3) is 10.9 Å². The summed E-state index contributed by atoms with van der Waals surface area (Å²) in [5.74, 6) is 0.559. The molecule has 1 unspecified atom stereocenters. The molecule has 0 amide bonds. The zero-order chi connectivity index (χ0) is 17.5. The highest BCUT2D eigenvalue weighted by molar-refractivity contribution is 6.08. The first-order chi connectivity index (χ1) is 11.3. The number of hydrogen-bond acceptors (Lipinski definition) is 3. The third-order valence-corrected chi connectivity index (χ3v) is 4.88. The van der Waals surface area contributed by atoms with Crippen molar-refractivity contribution in [3.63, 3.8) is 0 Å². The fourth-order valence-corrected chi connectivity index (χ4v) is 3.43. The lowest BCUT2D eigenvalue weighted by molar-refractivity contribution is -0.0489. The Labute approximate surface area is 140 Å². The molecule has 0 bridgehead atoms. The SMILES string of the molecule is CN=C1CC(C(C)(C)C)Cc2c1cc(OC(F)F)c1ncccc21. The molecule has 1 atom stereocenters. The number of nitrogens with zero attached hydrogens (tertiary/aromatic N) is 2. The second-order valence-electron chi connectivity index (χ2n) is 7.32. The molecule has 0 spiro atoms. The van der Waals surface area contributed by atoms with Crippen molar-refractivity contribution in [2.75, 3.05) is 7.05 Å². The van der Waals surface area contributed by atoms with Crippen LogP contribution < -0.4 is 4.74 Å². The first kappa shape index (κ1) is 16.8. The summed E-state index contributed by atoms with van der Waals surface area (Å²) in [6, 6.07) is 5.44. The van der Waals surface area contributed by atoms with Crippen LogP contribution in [-0.4, -0.2) is 24.4 Å². The second kappa shape index (κ2) is 6.11. The first-order valence-corrected chi connectivity index (χ1v) is 8.12. The van der Waals surface area contributed by atoms with Gasteiger partial charge in [-0.25, -0.2) is 0 Å². The van der Waals surface area contributed by atoms with Crippen molar-refractivity contribution in [1.82, 2.24) is 4.98 Å². The number of fused-ring (bicyclic) bond motifs is 3. The Morgan fingerprint density at radius 1 is 1.29 bits per heavy atom. The normalized spacial score (nSPS) is 19.8. The predicted molar refractivity (Wildman–Crippen MR) is 92.1 cm³/mol. The summed E-state index contributed by atoms with van der Waals surface area (Å²) in [7, 11) is 1.76. The van der Waals surface area contributed by atoms with E-state index in [1.807, 2.05) is 12.1 Å². The highest BCUT2D eigenvalue weighted by atomic mass is 19.3. The van der Waals surface area contributed by atoms with Crippen molar-refractivity contribution < 1.29 is 13.5 Å². The molecule has 0 fully saturated rings. The fraction of sp³-hybridized carbons (Fsp3) is 0.474. The van der Waals surface area contributed by atoms with Crippen LogP contribution in [0.1, 0.15) is 38.3 Å². The molecule has 1 aromatic heterocycles. The van der Waals surface area contributed by atoms with E-state index in [1.54, 1.807) is 19.3 Å². The topological polar surface area (TPSA) is 34.5 Å². The van der Waals surface area contributed by atoms with E-state index in [0.29, 0.717) is 11.4 Å². The number of benzene rings is 1. The lowest BCUT2D eigenvalue weighted by Gasteiger charge is -2.36. The van der Waals surface area contributed by atoms with E-state index in [-0.39, 0.29) is 11.2 Å². The maximum Gasteiger partial charge on any atom is 0.387 e. The minimum Gasteiger partial charge on any atom is -0.432 e. The van der Waals surface area contributed by atoms with Crippen LogP contribution in [0.2, 0.25) is 0 Å². The van der Waals surface area contributed by atoms with Crippen LogP contribution in [0.3, 0.4) is 0 Å². The first-order valence-electron chi connectivity index (χ1n) is 8.12. The molecular formula is C19H22F2N2O. The summed E-state index contributed by atoms with van der Waals surface area (Å²) in [6.07, 6.45) is 3.33. The Kier molecular flexibility index (Phi) is 4.28. The van der Waals surface area contributed by atoms with Crippen LogP contribution >= 0.6 is 0 Å². The number of halogens is 2. The minimum absolute atomic E-state index is 0.120. The van der Waals surface area contributed by atoms with Gasteiger partial charge >= 0.3 is 6.61 Å². The summed E-state index contributed by atoms with van der Waals surface area (Å²) in [4.78, 5) is 8.72. The highest BCUT2D eigenvalue weighted by Gasteiger charge is 2.33. The minimum atomic E-state index is -2.87. The predicted octanol–water partition coefficient (Wildman–Crippen LogP) is 4.86. The molecule has 24 heavy (non-hydrogen) atoms. The summed E-state index contributed by atoms with van der Waals surface area (Å²) in [5, 5.41) is 0.876. The van der Waals surface area contributed by atoms with Gasteiger partial charge in [0.05, 0.1) is 0 Å². The van der Waals surface area contributed by atoms with E-state index < -0.39 is 6.61 Å². The molecule has 3 rings (SSSR count). The lowest BCUT2D eigenvalue weighted by atomic mass is 9.69. The Morgan fingerprint density at radius 3 is 2.67 bits per heavy atom. The van der Waals surface area contributed by atoms with E-state index in [9.17, 15) is 8.78 Å². The van der Waals surface area contributed by atoms with E-state index in [0.717, 1.165) is 35.1 Å². The van der Waals surface area contributed by atoms with Gasteiger partial charge in [-0.15, -0.1) is 0 Å². The maximum atomic E-state index is 12.8. The maximum absolute atomic E-state index is 12.8. The van der Waals surface area contributed by atoms with E-state index in [2.05, 4.69) is 30.7 Å². The van der Waals surface area contributed by atoms with Gasteiger partial charge in [-0.3, -0.25) is 9.98 Å². The molecule has 5 heteroatoms. The van der Waals surface area contributed by atoms with Crippen molar-refractivity contribution in [1.29, 1.82) is 0 Å². The van der Waals surface area contributed by atoms with Gasteiger partial charge in [-0.2, -0.15) is 8.78 Å². The quantitative estimate of drug-likeness (QED) is 0.787. The van der Waals surface area contributed by atoms with Crippen molar-refractivity contribution >= 4 is 16.6 Å². The van der Waals surface area contributed by atoms with Gasteiger partial charge in [0.25, 0.3) is 0 Å². The molecule has 1 aromatic carbocycles. The van der Waals surface area contributed by atoms with Gasteiger partial charge in [0.15, 0.2) is 5.75 Å². The van der Waals surface area contributed by atoms with E-state index in [4.69, 9.17) is 4.74 Å². The van der Waals surface area contributed by atoms with Gasteiger partial charge in [-0.1, -0.05) is 26.8 Å². The van der Waals surface area contributed by atoms with E-state index in [1.165, 1.54) is 0 Å². The molecule has 3 nitrogen and oxygen atoms in total. The van der Waals surface area contributed by atoms with Gasteiger partial charge in [0.1, 0.15) is 5.52 Å². The van der Waals surface area contributed by atoms with Gasteiger partial charge < -0.3 is 4.74 Å². The molecule has 1 heterocycles. The Bertz CT molecular complexity index is 794. The largest absolute Gasteiger partial charge is 0.432 e. The Balaban J connectivity index is 2.24. The average molecular weight is 332 g/mol. The Morgan fingerprint density at radius 2 is 2.04 bits per heavy atom. The number of aromatic nitrogens is 1. The molecule has 2 aromatic rings. The molecule has 0 saturated heterocycles. The van der Waals surface area contributed by atoms with Gasteiger partial charge in [0, 0.05) is 29.9 Å². The second-order valence-corrected chi connectivity index (χ2v) is 7.32. The highest BCUT2D eigenvalue weighted by Crippen LogP contribution is 2.42. The van der Waals surface area contributed by atoms with Crippen LogP contribution in [0.4, 0.5) is 8.78 Å². The number of hydrogen-bond donors (Lipinski definition) is 0. The average Bonchev–Trinajstić information content (AvgIpc) is 2.52. The number of pyridine rings is 1. The number of ether oxygens (including phenoxy) is 1. The molecule has 128 valence electrons. The third kappa shape index (κ3) is 2.99. The molecule has 0 aliphatic heterocycles. The van der Waals surface area contributed by atoms with Crippen LogP contribution in [0, 0.1) is 11.3 Å². The lowest BCUT2D eigenvalue weighted by Crippen LogP contribution is -2.30. The molecule has 0 saturated carbocycles. The van der Waals surface area contributed by atoms with Crippen molar-refractivity contribution in [2.45, 2.75) is 40.2 Å². The molecule has 0 radical (unpaired) electrons. The van der Waals surface area contributed by atoms with Crippen LogP contribution in [0.15, 0.2) is 29.4 Å². The summed E-state index contributed by atoms with van der Waals surface area (Å²) in [6.45, 7) is 3.81. The summed E-state index contributed by atoms with van der Waals surface area (Å²) < 4.78 is 30.3. The monoisotopic (exact) mass is 332 g/mol. The van der Waals surface area contributed by atoms with Gasteiger partial charge in [-0.05, 0) is 41.9 Å². The fourth-order valence-electron chi connectivity index (χ4n) is 3.43. The molecular weight excluding hydrogens is 310 g/mol. The number of aliphatic imine (C=N–C) groups is 1. The van der Waals surface area contributed by atoms with Crippen LogP contribution in [0.5, 0.6) is 5.75 Å². The molecule has 1 aliphatic rings. The standard InChI is InChI=1S/C19H22F2N2O/c1-19(2,3)11-8-13-12-6-5-7-23-17(12)16(24-18(20)21)10-14(13)15(9-11)22-4/h5-7,10-11,18H,8-9H2,1-4H3. The zero-order valence-electron chi connectivity index (χ0n) is 14.4. The number of rotatable bonds is 2. The smallest absolute Gasteiger partial charge is 0.387 e. The van der Waals surface area contributed by atoms with Crippen LogP contribution in [-0.2, 0) is 6.42 Å². The summed E-state index contributed by atoms with van der Waals surface area (Å²) in [5.41, 5.74) is 3.61. The Hall–Kier alpha value is -2.04. The number of alkyl halides is 2. The van der Waals surface area contributed by atoms with Gasteiger partial charge in [0.2, 0.25) is 0 Å². The molecule has 1 aliphatic carbocycles.